The molecule has 10 heteroatoms. The third-order valence-electron chi connectivity index (χ3n) is 5.69. The maximum atomic E-state index is 14.6. The number of rotatable bonds is 8. The molecule has 0 aliphatic heterocycles. The number of hydrogen-bond donors (Lipinski definition) is 1. The first-order chi connectivity index (χ1) is 17.7. The van der Waals surface area contributed by atoms with Gasteiger partial charge in [0.25, 0.3) is 15.9 Å². The third-order valence-corrected chi connectivity index (χ3v) is 7.99. The second kappa shape index (κ2) is 11.1. The van der Waals surface area contributed by atoms with Crippen LogP contribution in [0.5, 0.6) is 0 Å². The molecule has 0 aliphatic carbocycles. The number of para-hydroxylation sites is 1. The van der Waals surface area contributed by atoms with Crippen LogP contribution in [0.25, 0.3) is 5.69 Å². The minimum Gasteiger partial charge on any atom is -0.318 e. The van der Waals surface area contributed by atoms with Crippen LogP contribution >= 0.6 is 15.9 Å². The number of halogens is 2. The highest BCUT2D eigenvalue weighted by Crippen LogP contribution is 2.26. The Morgan fingerprint density at radius 1 is 1.03 bits per heavy atom. The fourth-order valence-electron chi connectivity index (χ4n) is 3.92. The van der Waals surface area contributed by atoms with Crippen LogP contribution in [0.3, 0.4) is 0 Å². The normalized spacial score (nSPS) is 11.6. The first-order valence-electron chi connectivity index (χ1n) is 11.3. The first-order valence-corrected chi connectivity index (χ1v) is 13.5. The van der Waals surface area contributed by atoms with Gasteiger partial charge in [-0.1, -0.05) is 46.3 Å². The molecule has 4 rings (SSSR count). The third kappa shape index (κ3) is 5.81. The monoisotopic (exact) mass is 582 g/mol. The minimum absolute atomic E-state index is 0.0602. The Kier molecular flexibility index (Phi) is 7.89. The summed E-state index contributed by atoms with van der Waals surface area (Å²) in [6, 6.07) is 22.8. The molecule has 1 heterocycles. The molecular formula is C27H24BrFN4O3S. The average molecular weight is 583 g/mol. The number of amides is 1. The zero-order valence-corrected chi connectivity index (χ0v) is 22.5. The van der Waals surface area contributed by atoms with Crippen LogP contribution in [0.1, 0.15) is 17.0 Å². The van der Waals surface area contributed by atoms with E-state index in [4.69, 9.17) is 0 Å². The lowest BCUT2D eigenvalue weighted by Crippen LogP contribution is -2.40. The van der Waals surface area contributed by atoms with Gasteiger partial charge in [-0.2, -0.15) is 5.10 Å². The topological polar surface area (TPSA) is 83.8 Å². The van der Waals surface area contributed by atoms with E-state index < -0.39 is 28.3 Å². The molecule has 37 heavy (non-hydrogen) atoms. The van der Waals surface area contributed by atoms with Gasteiger partial charge in [0.1, 0.15) is 12.4 Å². The molecule has 190 valence electrons. The Morgan fingerprint density at radius 2 is 1.68 bits per heavy atom. The molecule has 0 aliphatic rings. The number of hydrogen-bond acceptors (Lipinski definition) is 4. The molecule has 1 aromatic heterocycles. The minimum atomic E-state index is -4.22. The van der Waals surface area contributed by atoms with Crippen molar-refractivity contribution in [2.45, 2.75) is 18.7 Å². The lowest BCUT2D eigenvalue weighted by molar-refractivity contribution is -0.119. The van der Waals surface area contributed by atoms with Crippen molar-refractivity contribution in [1.29, 1.82) is 0 Å². The van der Waals surface area contributed by atoms with Crippen molar-refractivity contribution >= 4 is 43.8 Å². The molecule has 3 aromatic carbocycles. The van der Waals surface area contributed by atoms with Gasteiger partial charge in [0.15, 0.2) is 0 Å². The van der Waals surface area contributed by atoms with E-state index in [1.807, 2.05) is 44.2 Å². The van der Waals surface area contributed by atoms with E-state index in [2.05, 4.69) is 31.0 Å². The van der Waals surface area contributed by atoms with Gasteiger partial charge in [0.2, 0.25) is 0 Å². The van der Waals surface area contributed by atoms with Crippen LogP contribution in [0.2, 0.25) is 0 Å². The summed E-state index contributed by atoms with van der Waals surface area (Å²) in [5.41, 5.74) is 5.79. The molecule has 7 nitrogen and oxygen atoms in total. The predicted octanol–water partition coefficient (Wildman–Crippen LogP) is 5.34. The van der Waals surface area contributed by atoms with Crippen LogP contribution < -0.4 is 9.73 Å². The molecule has 0 spiro atoms. The number of anilines is 1. The van der Waals surface area contributed by atoms with Gasteiger partial charge in [-0.3, -0.25) is 9.10 Å². The van der Waals surface area contributed by atoms with Crippen LogP contribution in [0.4, 0.5) is 10.1 Å². The molecule has 0 saturated heterocycles. The quantitative estimate of drug-likeness (QED) is 0.225. The fourth-order valence-corrected chi connectivity index (χ4v) is 5.63. The maximum Gasteiger partial charge on any atom is 0.264 e. The number of aromatic nitrogens is 1. The summed E-state index contributed by atoms with van der Waals surface area (Å²) in [7, 11) is -4.22. The summed E-state index contributed by atoms with van der Waals surface area (Å²) in [5, 5.41) is 4.03. The van der Waals surface area contributed by atoms with Gasteiger partial charge < -0.3 is 4.57 Å². The highest BCUT2D eigenvalue weighted by molar-refractivity contribution is 9.10. The summed E-state index contributed by atoms with van der Waals surface area (Å²) in [5.74, 6) is -1.49. The van der Waals surface area contributed by atoms with Crippen molar-refractivity contribution in [2.24, 2.45) is 5.10 Å². The number of benzene rings is 3. The number of aryl methyl sites for hydroxylation is 1. The lowest BCUT2D eigenvalue weighted by atomic mass is 10.2. The van der Waals surface area contributed by atoms with E-state index in [-0.39, 0.29) is 10.6 Å². The van der Waals surface area contributed by atoms with Gasteiger partial charge in [0.05, 0.1) is 16.8 Å². The van der Waals surface area contributed by atoms with Crippen molar-refractivity contribution in [3.63, 3.8) is 0 Å². The maximum absolute atomic E-state index is 14.6. The standard InChI is InChI=1S/C27H24BrFN4O3S/c1-19-16-21(20(2)33(19)23-14-12-22(28)13-15-23)17-30-31-27(34)18-32(26-11-7-6-10-25(26)29)37(35,36)24-8-4-3-5-9-24/h3-17H,18H2,1-2H3,(H,31,34)/b30-17-. The van der Waals surface area contributed by atoms with E-state index in [1.165, 1.54) is 36.5 Å². The van der Waals surface area contributed by atoms with Gasteiger partial charge in [-0.05, 0) is 68.4 Å². The van der Waals surface area contributed by atoms with Crippen LogP contribution in [-0.2, 0) is 14.8 Å². The molecule has 1 amide bonds. The van der Waals surface area contributed by atoms with Crippen LogP contribution in [-0.4, -0.2) is 31.7 Å². The van der Waals surface area contributed by atoms with E-state index in [9.17, 15) is 17.6 Å². The summed E-state index contributed by atoms with van der Waals surface area (Å²) in [6.45, 7) is 3.24. The number of nitrogens with zero attached hydrogens (tertiary/aromatic N) is 3. The first kappa shape index (κ1) is 26.3. The molecule has 0 fully saturated rings. The molecule has 4 aromatic rings. The van der Waals surface area contributed by atoms with Crippen molar-refractivity contribution in [3.8, 4) is 5.69 Å². The van der Waals surface area contributed by atoms with Gasteiger partial charge in [-0.25, -0.2) is 18.2 Å². The second-order valence-electron chi connectivity index (χ2n) is 8.21. The summed E-state index contributed by atoms with van der Waals surface area (Å²) in [4.78, 5) is 12.7. The Bertz CT molecular complexity index is 1550. The smallest absolute Gasteiger partial charge is 0.264 e. The Labute approximate surface area is 223 Å². The van der Waals surface area contributed by atoms with Crippen molar-refractivity contribution in [3.05, 3.63) is 112 Å². The molecule has 0 unspecified atom stereocenters. The van der Waals surface area contributed by atoms with E-state index in [1.54, 1.807) is 18.2 Å². The summed E-state index contributed by atoms with van der Waals surface area (Å²) < 4.78 is 44.9. The van der Waals surface area contributed by atoms with Crippen LogP contribution in [0, 0.1) is 19.7 Å². The summed E-state index contributed by atoms with van der Waals surface area (Å²) in [6.07, 6.45) is 1.49. The average Bonchev–Trinajstić information content (AvgIpc) is 3.17. The van der Waals surface area contributed by atoms with Gasteiger partial charge in [-0.15, -0.1) is 0 Å². The zero-order valence-electron chi connectivity index (χ0n) is 20.1. The van der Waals surface area contributed by atoms with E-state index in [0.29, 0.717) is 0 Å². The van der Waals surface area contributed by atoms with E-state index >= 15 is 0 Å². The SMILES string of the molecule is Cc1cc(/C=N\NC(=O)CN(c2ccccc2F)S(=O)(=O)c2ccccc2)c(C)n1-c1ccc(Br)cc1. The molecule has 0 radical (unpaired) electrons. The number of carbonyl (C=O) groups is 1. The summed E-state index contributed by atoms with van der Waals surface area (Å²) >= 11 is 3.44. The van der Waals surface area contributed by atoms with Gasteiger partial charge >= 0.3 is 0 Å². The predicted molar refractivity (Wildman–Crippen MR) is 146 cm³/mol. The number of carbonyl (C=O) groups excluding carboxylic acids is 1. The Hall–Kier alpha value is -3.76. The number of sulfonamides is 1. The Balaban J connectivity index is 1.55. The highest BCUT2D eigenvalue weighted by Gasteiger charge is 2.29. The molecule has 0 atom stereocenters. The largest absolute Gasteiger partial charge is 0.318 e. The fraction of sp³-hybridized carbons (Fsp3) is 0.111. The van der Waals surface area contributed by atoms with Crippen molar-refractivity contribution in [2.75, 3.05) is 10.8 Å². The molecule has 0 bridgehead atoms. The second-order valence-corrected chi connectivity index (χ2v) is 11.0. The number of hydrazone groups is 1. The molecule has 0 saturated carbocycles. The molecular weight excluding hydrogens is 559 g/mol. The zero-order chi connectivity index (χ0) is 26.6. The van der Waals surface area contributed by atoms with Crippen molar-refractivity contribution < 1.29 is 17.6 Å². The van der Waals surface area contributed by atoms with Crippen LogP contribution in [0.15, 0.2) is 99.4 Å². The van der Waals surface area contributed by atoms with Gasteiger partial charge in [0, 0.05) is 27.1 Å². The Morgan fingerprint density at radius 3 is 2.35 bits per heavy atom. The molecule has 1 N–H and O–H groups in total. The van der Waals surface area contributed by atoms with Crippen molar-refractivity contribution in [1.82, 2.24) is 9.99 Å². The number of nitrogens with one attached hydrogen (secondary N) is 1. The van der Waals surface area contributed by atoms with E-state index in [0.717, 1.165) is 37.5 Å². The lowest BCUT2D eigenvalue weighted by Gasteiger charge is -2.24. The highest BCUT2D eigenvalue weighted by atomic mass is 79.9.